The van der Waals surface area contributed by atoms with Crippen molar-refractivity contribution < 1.29 is 113 Å². The molecule has 9 aromatic rings. The summed E-state index contributed by atoms with van der Waals surface area (Å²) in [4.78, 5) is 82.8. The Morgan fingerprint density at radius 3 is 1.03 bits per heavy atom. The Kier molecular flexibility index (Phi) is 29.0. The number of benzene rings is 9. The van der Waals surface area contributed by atoms with E-state index >= 15 is 13.2 Å². The average molecular weight is 1880 g/mol. The molecule has 0 aromatic heterocycles. The van der Waals surface area contributed by atoms with E-state index in [1.54, 1.807) is 12.1 Å². The lowest BCUT2D eigenvalue weighted by atomic mass is 9.99. The predicted molar refractivity (Wildman–Crippen MR) is 425 cm³/mol. The van der Waals surface area contributed by atoms with E-state index in [1.807, 2.05) is 6.07 Å². The van der Waals surface area contributed by atoms with Crippen molar-refractivity contribution in [3.8, 4) is 23.3 Å². The number of rotatable bonds is 27. The van der Waals surface area contributed by atoms with Crippen LogP contribution in [0.2, 0.25) is 0 Å². The van der Waals surface area contributed by atoms with Crippen LogP contribution in [0, 0.1) is 69.8 Å². The van der Waals surface area contributed by atoms with Gasteiger partial charge in [-0.15, -0.1) is 0 Å². The van der Waals surface area contributed by atoms with Crippen LogP contribution in [0.15, 0.2) is 165 Å². The molecular formula is C85H70Br3F16N7O9. The van der Waals surface area contributed by atoms with Gasteiger partial charge in [-0.25, -0.2) is 43.9 Å². The highest BCUT2D eigenvalue weighted by Gasteiger charge is 2.38. The second-order valence-electron chi connectivity index (χ2n) is 29.3. The van der Waals surface area contributed by atoms with Gasteiger partial charge in [-0.1, -0.05) is 30.3 Å². The fourth-order valence-corrected chi connectivity index (χ4v) is 13.7. The van der Waals surface area contributed by atoms with Crippen LogP contribution in [-0.4, -0.2) is 74.9 Å². The SMILES string of the molecule is CC(C)(F)c1cc(Br)c(NC(=O)c2cccc(N(CC3CC3)C(=O)c3cc(F)cc(F)c3)c2F)c(OC(F)F)c1.CC(C)(F)c1cc(Br)c(NC(=O)c2cccc(N(CC3CC3)C(=O)c3ccc(F)c(F)c3)c2F)c(OC(F)F)c1.CC(C)(F)c1cc(Br)c(NC(=O)c2cccc(N(CC3CC3)C(=O)c3ccccc3C#N)c2F)c(OC(F)F)c1. The minimum atomic E-state index is -3.31. The van der Waals surface area contributed by atoms with E-state index in [9.17, 15) is 91.1 Å². The summed E-state index contributed by atoms with van der Waals surface area (Å²) >= 11 is 9.38. The van der Waals surface area contributed by atoms with Crippen LogP contribution in [0.3, 0.4) is 0 Å². The molecule has 120 heavy (non-hydrogen) atoms. The molecule has 12 rings (SSSR count). The predicted octanol–water partition coefficient (Wildman–Crippen LogP) is 23.5. The van der Waals surface area contributed by atoms with Gasteiger partial charge in [-0.2, -0.15) is 31.6 Å². The number of halogens is 19. The van der Waals surface area contributed by atoms with Crippen molar-refractivity contribution in [2.75, 3.05) is 50.3 Å². The number of carbonyl (C=O) groups is 6. The number of anilines is 6. The van der Waals surface area contributed by atoms with Gasteiger partial charge >= 0.3 is 19.8 Å². The van der Waals surface area contributed by atoms with Gasteiger partial charge in [0.15, 0.2) is 46.3 Å². The molecule has 3 saturated carbocycles. The smallest absolute Gasteiger partial charge is 0.387 e. The Hall–Kier alpha value is -11.0. The number of alkyl halides is 9. The standard InChI is InChI=1S/C29H24BrF4N3O3.2C28H23BrF6N2O3/c1-29(2,34)18-12-21(30)25(23(13-18)40-28(32)33)36-26(38)20-8-5-9-22(24(20)31)37(15-16-10-11-16)27(39)19-7-4-3-6-17(19)14-35;1-28(2,35)16-10-20(29)24(22(11-16)40-27(33)34)36-25(38)19-4-3-5-21(23(19)32)37(13-14-6-7-14)26(39)15-8-17(30)12-18(31)9-15;1-28(2,35)16-11-18(29)24(22(12-16)40-27(33)34)36-25(38)17-4-3-5-21(23(17)32)37(13-14-6-7-14)26(39)15-8-9-19(30)20(31)10-15/h3-9,12-13,16,28H,10-11,15H2,1-2H3,(H,36,38);2*3-5,8-12,14,27H,6-7,13H2,1-2H3,(H,36,38). The molecule has 0 radical (unpaired) electrons. The molecule has 16 nitrogen and oxygen atoms in total. The zero-order valence-electron chi connectivity index (χ0n) is 63.9. The highest BCUT2D eigenvalue weighted by molar-refractivity contribution is 9.11. The molecule has 0 bridgehead atoms. The van der Waals surface area contributed by atoms with Gasteiger partial charge < -0.3 is 44.9 Å². The second-order valence-corrected chi connectivity index (χ2v) is 31.9. The second kappa shape index (κ2) is 38.2. The number of hydrogen-bond donors (Lipinski definition) is 3. The van der Waals surface area contributed by atoms with Gasteiger partial charge in [0.1, 0.15) is 28.6 Å². The summed E-state index contributed by atoms with van der Waals surface area (Å²) in [6.07, 6.45) is 4.76. The van der Waals surface area contributed by atoms with E-state index in [0.29, 0.717) is 12.1 Å². The third-order valence-corrected chi connectivity index (χ3v) is 20.7. The van der Waals surface area contributed by atoms with Gasteiger partial charge in [0.25, 0.3) is 35.4 Å². The number of nitrogens with one attached hydrogen (secondary N) is 3. The number of ether oxygens (including phenoxy) is 3. The van der Waals surface area contributed by atoms with E-state index in [1.165, 1.54) is 119 Å². The van der Waals surface area contributed by atoms with Crippen LogP contribution in [0.1, 0.15) is 164 Å². The fourth-order valence-electron chi connectivity index (χ4n) is 12.0. The fraction of sp³-hybridized carbons (Fsp3) is 0.282. The molecule has 35 heteroatoms. The molecule has 0 atom stereocenters. The van der Waals surface area contributed by atoms with E-state index < -0.39 is 147 Å². The Morgan fingerprint density at radius 1 is 0.408 bits per heavy atom. The molecule has 3 aliphatic carbocycles. The van der Waals surface area contributed by atoms with E-state index in [-0.39, 0.29) is 124 Å². The first kappa shape index (κ1) is 91.3. The molecule has 0 unspecified atom stereocenters. The van der Waals surface area contributed by atoms with E-state index in [0.717, 1.165) is 103 Å². The lowest BCUT2D eigenvalue weighted by Crippen LogP contribution is -2.34. The molecule has 3 aliphatic rings. The number of nitriles is 1. The molecule has 0 spiro atoms. The van der Waals surface area contributed by atoms with Crippen LogP contribution >= 0.6 is 47.8 Å². The van der Waals surface area contributed by atoms with Gasteiger partial charge in [0.2, 0.25) is 0 Å². The lowest BCUT2D eigenvalue weighted by molar-refractivity contribution is -0.0501. The first-order valence-corrected chi connectivity index (χ1v) is 38.9. The van der Waals surface area contributed by atoms with Crippen molar-refractivity contribution in [3.05, 3.63) is 261 Å². The molecule has 9 aromatic carbocycles. The quantitative estimate of drug-likeness (QED) is 0.0416. The summed E-state index contributed by atoms with van der Waals surface area (Å²) in [5.74, 6) is -14.5. The third kappa shape index (κ3) is 23.1. The number of carbonyl (C=O) groups excluding carboxylic acids is 6. The normalized spacial score (nSPS) is 13.3. The minimum absolute atomic E-state index is 0.000150. The summed E-state index contributed by atoms with van der Waals surface area (Å²) in [6.45, 7) is -2.35. The van der Waals surface area contributed by atoms with Crippen molar-refractivity contribution in [3.63, 3.8) is 0 Å². The number of amides is 6. The molecule has 6 amide bonds. The van der Waals surface area contributed by atoms with Gasteiger partial charge in [0, 0.05) is 50.2 Å². The summed E-state index contributed by atoms with van der Waals surface area (Å²) in [6, 6.07) is 31.0. The first-order chi connectivity index (χ1) is 56.4. The zero-order valence-corrected chi connectivity index (χ0v) is 68.7. The Morgan fingerprint density at radius 2 is 0.725 bits per heavy atom. The molecule has 3 fully saturated rings. The van der Waals surface area contributed by atoms with Crippen LogP contribution in [-0.2, 0) is 17.0 Å². The minimum Gasteiger partial charge on any atom is -0.433 e. The van der Waals surface area contributed by atoms with Crippen LogP contribution in [0.4, 0.5) is 104 Å². The van der Waals surface area contributed by atoms with Crippen molar-refractivity contribution in [2.45, 2.75) is 117 Å². The average Bonchev–Trinajstić information content (AvgIpc) is 1.30. The summed E-state index contributed by atoms with van der Waals surface area (Å²) in [5, 5.41) is 16.4. The molecular weight excluding hydrogens is 1810 g/mol. The molecule has 3 N–H and O–H groups in total. The summed E-state index contributed by atoms with van der Waals surface area (Å²) in [7, 11) is 0. The largest absolute Gasteiger partial charge is 0.433 e. The van der Waals surface area contributed by atoms with Crippen LogP contribution in [0.25, 0.3) is 0 Å². The monoisotopic (exact) mass is 1870 g/mol. The number of hydrogen-bond acceptors (Lipinski definition) is 10. The Labute approximate surface area is 701 Å². The Bertz CT molecular complexity index is 5440. The van der Waals surface area contributed by atoms with Crippen molar-refractivity contribution in [2.24, 2.45) is 17.8 Å². The maximum absolute atomic E-state index is 15.9. The third-order valence-electron chi connectivity index (χ3n) is 18.8. The summed E-state index contributed by atoms with van der Waals surface area (Å²) < 4.78 is 238. The Balaban J connectivity index is 0.000000189. The van der Waals surface area contributed by atoms with Crippen molar-refractivity contribution >= 4 is 117 Å². The zero-order chi connectivity index (χ0) is 87.9. The van der Waals surface area contributed by atoms with Gasteiger partial charge in [-0.05, 0) is 278 Å². The lowest BCUT2D eigenvalue weighted by Gasteiger charge is -2.25. The maximum atomic E-state index is 15.9. The summed E-state index contributed by atoms with van der Waals surface area (Å²) in [5.41, 5.74) is -9.35. The number of nitrogens with zero attached hydrogens (tertiary/aromatic N) is 4. The maximum Gasteiger partial charge on any atom is 0.387 e. The topological polar surface area (TPSA) is 200 Å². The van der Waals surface area contributed by atoms with Gasteiger partial charge in [-0.3, -0.25) is 28.8 Å². The highest BCUT2D eigenvalue weighted by atomic mass is 79.9. The van der Waals surface area contributed by atoms with Crippen molar-refractivity contribution in [1.82, 2.24) is 0 Å². The van der Waals surface area contributed by atoms with Gasteiger partial charge in [0.05, 0.1) is 68.0 Å². The van der Waals surface area contributed by atoms with Crippen molar-refractivity contribution in [1.29, 1.82) is 5.26 Å². The first-order valence-electron chi connectivity index (χ1n) is 36.5. The molecule has 632 valence electrons. The van der Waals surface area contributed by atoms with Crippen LogP contribution in [0.5, 0.6) is 17.2 Å². The van der Waals surface area contributed by atoms with E-state index in [4.69, 9.17) is 0 Å². The highest BCUT2D eigenvalue weighted by Crippen LogP contribution is 2.46. The molecule has 0 heterocycles. The van der Waals surface area contributed by atoms with Crippen LogP contribution < -0.4 is 44.9 Å². The van der Waals surface area contributed by atoms with E-state index in [2.05, 4.69) is 78.0 Å². The molecule has 0 saturated heterocycles. The molecule has 0 aliphatic heterocycles.